The van der Waals surface area contributed by atoms with Gasteiger partial charge in [-0.05, 0) is 18.4 Å². The van der Waals surface area contributed by atoms with Crippen LogP contribution < -0.4 is 5.32 Å². The molecule has 1 aliphatic heterocycles. The van der Waals surface area contributed by atoms with Crippen molar-refractivity contribution in [1.82, 2.24) is 20.4 Å². The minimum atomic E-state index is 0.509. The van der Waals surface area contributed by atoms with E-state index >= 15 is 0 Å². The van der Waals surface area contributed by atoms with Gasteiger partial charge in [-0.25, -0.2) is 0 Å². The lowest BCUT2D eigenvalue weighted by Gasteiger charge is -2.32. The Hall–Kier alpha value is -1.24. The van der Waals surface area contributed by atoms with Crippen molar-refractivity contribution in [2.45, 2.75) is 19.5 Å². The van der Waals surface area contributed by atoms with Crippen LogP contribution in [0.3, 0.4) is 0 Å². The van der Waals surface area contributed by atoms with E-state index in [1.54, 1.807) is 11.3 Å². The third-order valence-electron chi connectivity index (χ3n) is 3.22. The highest BCUT2D eigenvalue weighted by Gasteiger charge is 2.20. The van der Waals surface area contributed by atoms with Gasteiger partial charge in [-0.15, -0.1) is 0 Å². The number of thiophene rings is 1. The van der Waals surface area contributed by atoms with Crippen molar-refractivity contribution >= 4 is 11.3 Å². The molecule has 1 aliphatic rings. The number of nitrogens with one attached hydrogen (secondary N) is 1. The van der Waals surface area contributed by atoms with Crippen molar-refractivity contribution in [2.24, 2.45) is 0 Å². The largest absolute Gasteiger partial charge is 0.338 e. The Morgan fingerprint density at radius 3 is 3.33 bits per heavy atom. The van der Waals surface area contributed by atoms with Gasteiger partial charge in [-0.3, -0.25) is 4.90 Å². The van der Waals surface area contributed by atoms with Gasteiger partial charge in [0.25, 0.3) is 0 Å². The molecule has 1 saturated heterocycles. The molecule has 96 valence electrons. The first kappa shape index (κ1) is 11.8. The van der Waals surface area contributed by atoms with Gasteiger partial charge in [-0.1, -0.05) is 5.16 Å². The monoisotopic (exact) mass is 264 g/mol. The summed E-state index contributed by atoms with van der Waals surface area (Å²) in [5, 5.41) is 11.4. The summed E-state index contributed by atoms with van der Waals surface area (Å²) in [6.45, 7) is 6.01. The summed E-state index contributed by atoms with van der Waals surface area (Å²) < 4.78 is 5.32. The van der Waals surface area contributed by atoms with Crippen LogP contribution in [-0.4, -0.2) is 40.7 Å². The lowest BCUT2D eigenvalue weighted by molar-refractivity contribution is 0.146. The molecule has 1 atom stereocenters. The molecule has 0 bridgehead atoms. The van der Waals surface area contributed by atoms with E-state index in [1.807, 2.05) is 16.8 Å². The van der Waals surface area contributed by atoms with Gasteiger partial charge in [-0.2, -0.15) is 16.3 Å². The third-order valence-corrected chi connectivity index (χ3v) is 3.91. The number of hydrogen-bond acceptors (Lipinski definition) is 6. The van der Waals surface area contributed by atoms with Crippen molar-refractivity contribution in [3.63, 3.8) is 0 Å². The third kappa shape index (κ3) is 2.45. The summed E-state index contributed by atoms with van der Waals surface area (Å²) in [4.78, 5) is 6.81. The van der Waals surface area contributed by atoms with Crippen molar-refractivity contribution < 1.29 is 4.52 Å². The van der Waals surface area contributed by atoms with E-state index in [2.05, 4.69) is 27.3 Å². The van der Waals surface area contributed by atoms with Crippen LogP contribution in [0.2, 0.25) is 0 Å². The molecule has 5 nitrogen and oxygen atoms in total. The van der Waals surface area contributed by atoms with Gasteiger partial charge >= 0.3 is 0 Å². The quantitative estimate of drug-likeness (QED) is 0.912. The fourth-order valence-corrected chi connectivity index (χ4v) is 2.75. The van der Waals surface area contributed by atoms with Crippen molar-refractivity contribution in [3.05, 3.63) is 22.7 Å². The van der Waals surface area contributed by atoms with Crippen LogP contribution >= 0.6 is 11.3 Å². The van der Waals surface area contributed by atoms with Gasteiger partial charge in [0, 0.05) is 36.6 Å². The Morgan fingerprint density at radius 1 is 1.61 bits per heavy atom. The smallest absolute Gasteiger partial charge is 0.241 e. The number of hydrogen-bond donors (Lipinski definition) is 1. The van der Waals surface area contributed by atoms with Gasteiger partial charge in [0.2, 0.25) is 11.7 Å². The maximum atomic E-state index is 5.32. The van der Waals surface area contributed by atoms with E-state index in [4.69, 9.17) is 4.52 Å². The second kappa shape index (κ2) is 5.17. The van der Waals surface area contributed by atoms with Gasteiger partial charge < -0.3 is 9.84 Å². The molecular weight excluding hydrogens is 248 g/mol. The van der Waals surface area contributed by atoms with Crippen molar-refractivity contribution in [3.8, 4) is 11.4 Å². The molecule has 0 aromatic carbocycles. The molecule has 1 N–H and O–H groups in total. The zero-order valence-electron chi connectivity index (χ0n) is 10.3. The highest BCUT2D eigenvalue weighted by atomic mass is 32.1. The average molecular weight is 264 g/mol. The summed E-state index contributed by atoms with van der Waals surface area (Å²) in [7, 11) is 0. The lowest BCUT2D eigenvalue weighted by atomic mass is 10.2. The van der Waals surface area contributed by atoms with E-state index in [0.717, 1.165) is 31.7 Å². The molecule has 0 spiro atoms. The zero-order chi connectivity index (χ0) is 12.4. The molecule has 0 unspecified atom stereocenters. The molecule has 1 fully saturated rings. The number of nitrogens with zero attached hydrogens (tertiary/aromatic N) is 3. The van der Waals surface area contributed by atoms with Crippen LogP contribution in [0.25, 0.3) is 11.4 Å². The average Bonchev–Trinajstić information content (AvgIpc) is 3.02. The molecule has 2 aromatic rings. The molecule has 2 aromatic heterocycles. The zero-order valence-corrected chi connectivity index (χ0v) is 11.1. The summed E-state index contributed by atoms with van der Waals surface area (Å²) in [6.07, 6.45) is 0. The first-order valence-corrected chi connectivity index (χ1v) is 7.07. The summed E-state index contributed by atoms with van der Waals surface area (Å²) in [5.41, 5.74) is 1.03. The lowest BCUT2D eigenvalue weighted by Crippen LogP contribution is -2.49. The molecule has 0 saturated carbocycles. The molecular formula is C12H16N4OS. The standard InChI is InChI=1S/C12H16N4OS/c1-9-6-13-3-4-16(9)7-11-14-12(15-17-11)10-2-5-18-8-10/h2,5,8-9,13H,3-4,6-7H2,1H3/t9-/m1/s1. The van der Waals surface area contributed by atoms with Crippen LogP contribution in [-0.2, 0) is 6.54 Å². The van der Waals surface area contributed by atoms with Crippen LogP contribution in [0.1, 0.15) is 12.8 Å². The highest BCUT2D eigenvalue weighted by molar-refractivity contribution is 7.08. The Kier molecular flexibility index (Phi) is 3.40. The molecule has 3 heterocycles. The van der Waals surface area contributed by atoms with E-state index in [0.29, 0.717) is 17.8 Å². The minimum Gasteiger partial charge on any atom is -0.338 e. The number of aromatic nitrogens is 2. The fourth-order valence-electron chi connectivity index (χ4n) is 2.12. The van der Waals surface area contributed by atoms with E-state index in [9.17, 15) is 0 Å². The van der Waals surface area contributed by atoms with Crippen molar-refractivity contribution in [2.75, 3.05) is 19.6 Å². The predicted molar refractivity (Wildman–Crippen MR) is 70.4 cm³/mol. The molecule has 3 rings (SSSR count). The van der Waals surface area contributed by atoms with Gasteiger partial charge in [0.05, 0.1) is 6.54 Å². The predicted octanol–water partition coefficient (Wildman–Crippen LogP) is 1.59. The van der Waals surface area contributed by atoms with Gasteiger partial charge in [0.1, 0.15) is 0 Å². The van der Waals surface area contributed by atoms with Crippen LogP contribution in [0.5, 0.6) is 0 Å². The Morgan fingerprint density at radius 2 is 2.56 bits per heavy atom. The molecule has 18 heavy (non-hydrogen) atoms. The SMILES string of the molecule is C[C@@H]1CNCCN1Cc1nc(-c2ccsc2)no1. The van der Waals surface area contributed by atoms with Crippen LogP contribution in [0.4, 0.5) is 0 Å². The maximum absolute atomic E-state index is 5.32. The summed E-state index contributed by atoms with van der Waals surface area (Å²) >= 11 is 1.64. The molecule has 0 amide bonds. The first-order valence-electron chi connectivity index (χ1n) is 6.13. The van der Waals surface area contributed by atoms with Crippen molar-refractivity contribution in [1.29, 1.82) is 0 Å². The fraction of sp³-hybridized carbons (Fsp3) is 0.500. The number of piperazine rings is 1. The van der Waals surface area contributed by atoms with Crippen LogP contribution in [0.15, 0.2) is 21.3 Å². The van der Waals surface area contributed by atoms with E-state index < -0.39 is 0 Å². The Balaban J connectivity index is 1.70. The van der Waals surface area contributed by atoms with E-state index in [-0.39, 0.29) is 0 Å². The van der Waals surface area contributed by atoms with Gasteiger partial charge in [0.15, 0.2) is 0 Å². The number of rotatable bonds is 3. The van der Waals surface area contributed by atoms with Crippen LogP contribution in [0, 0.1) is 0 Å². The maximum Gasteiger partial charge on any atom is 0.241 e. The summed E-state index contributed by atoms with van der Waals surface area (Å²) in [5.74, 6) is 1.39. The molecule has 0 radical (unpaired) electrons. The molecule has 6 heteroatoms. The topological polar surface area (TPSA) is 54.2 Å². The Bertz CT molecular complexity index is 496. The first-order chi connectivity index (χ1) is 8.83. The van der Waals surface area contributed by atoms with E-state index in [1.165, 1.54) is 0 Å². The second-order valence-corrected chi connectivity index (χ2v) is 5.33. The Labute approximate surface area is 110 Å². The highest BCUT2D eigenvalue weighted by Crippen LogP contribution is 2.19. The second-order valence-electron chi connectivity index (χ2n) is 4.55. The molecule has 0 aliphatic carbocycles. The summed E-state index contributed by atoms with van der Waals surface area (Å²) in [6, 6.07) is 2.52. The normalized spacial score (nSPS) is 21.3. The minimum absolute atomic E-state index is 0.509.